The zero-order valence-electron chi connectivity index (χ0n) is 14.6. The molecule has 0 aliphatic heterocycles. The maximum Gasteiger partial charge on any atom is 0.255 e. The van der Waals surface area contributed by atoms with Gasteiger partial charge in [-0.15, -0.1) is 0 Å². The van der Waals surface area contributed by atoms with Gasteiger partial charge in [0.05, 0.1) is 23.0 Å². The molecule has 0 spiro atoms. The molecule has 0 aliphatic rings. The Morgan fingerprint density at radius 1 is 1.25 bits per heavy atom. The summed E-state index contributed by atoms with van der Waals surface area (Å²) in [5.41, 5.74) is 6.02. The molecule has 1 amide bonds. The first-order chi connectivity index (χ1) is 11.5. The molecule has 3 rings (SSSR count). The molecule has 6 nitrogen and oxygen atoms in total. The van der Waals surface area contributed by atoms with Crippen molar-refractivity contribution < 1.29 is 4.79 Å². The highest BCUT2D eigenvalue weighted by Crippen LogP contribution is 2.15. The van der Waals surface area contributed by atoms with Crippen LogP contribution in [-0.4, -0.2) is 31.8 Å². The van der Waals surface area contributed by atoms with Crippen LogP contribution in [0.5, 0.6) is 0 Å². The molecule has 0 aliphatic carbocycles. The van der Waals surface area contributed by atoms with Gasteiger partial charge in [-0.3, -0.25) is 9.48 Å². The quantitative estimate of drug-likeness (QED) is 0.733. The first kappa shape index (κ1) is 16.2. The number of aryl methyl sites for hydroxylation is 3. The number of hydrogen-bond donors (Lipinski definition) is 1. The molecule has 3 heterocycles. The largest absolute Gasteiger partial charge is 0.352 e. The first-order valence-corrected chi connectivity index (χ1v) is 8.21. The van der Waals surface area contributed by atoms with Crippen molar-refractivity contribution in [1.29, 1.82) is 0 Å². The van der Waals surface area contributed by atoms with Crippen LogP contribution in [-0.2, 0) is 6.54 Å². The minimum atomic E-state index is -0.0798. The minimum Gasteiger partial charge on any atom is -0.352 e. The Morgan fingerprint density at radius 2 is 2.04 bits per heavy atom. The molecule has 0 unspecified atom stereocenters. The lowest BCUT2D eigenvalue weighted by molar-refractivity contribution is 0.0954. The van der Waals surface area contributed by atoms with E-state index in [1.807, 2.05) is 36.9 Å². The second-order valence-electron chi connectivity index (χ2n) is 6.17. The molecule has 0 saturated heterocycles. The van der Waals surface area contributed by atoms with E-state index in [0.717, 1.165) is 29.7 Å². The number of carbonyl (C=O) groups excluding carboxylic acids is 1. The molecule has 0 radical (unpaired) electrons. The second-order valence-corrected chi connectivity index (χ2v) is 6.17. The maximum absolute atomic E-state index is 12.4. The van der Waals surface area contributed by atoms with Gasteiger partial charge in [-0.25, -0.2) is 4.52 Å². The van der Waals surface area contributed by atoms with E-state index in [1.165, 1.54) is 11.3 Å². The summed E-state index contributed by atoms with van der Waals surface area (Å²) in [7, 11) is 0. The van der Waals surface area contributed by atoms with Gasteiger partial charge >= 0.3 is 0 Å². The van der Waals surface area contributed by atoms with Crippen molar-refractivity contribution in [3.63, 3.8) is 0 Å². The van der Waals surface area contributed by atoms with Crippen LogP contribution >= 0.6 is 0 Å². The molecule has 3 aromatic rings. The molecule has 0 saturated carbocycles. The number of hydrogen-bond acceptors (Lipinski definition) is 3. The van der Waals surface area contributed by atoms with Crippen LogP contribution in [0.15, 0.2) is 24.5 Å². The van der Waals surface area contributed by atoms with Gasteiger partial charge in [-0.2, -0.15) is 10.2 Å². The molecular weight excluding hydrogens is 302 g/mol. The van der Waals surface area contributed by atoms with E-state index in [0.29, 0.717) is 12.1 Å². The summed E-state index contributed by atoms with van der Waals surface area (Å²) in [4.78, 5) is 12.4. The van der Waals surface area contributed by atoms with E-state index in [4.69, 9.17) is 0 Å². The molecule has 0 fully saturated rings. The van der Waals surface area contributed by atoms with Gasteiger partial charge in [0.25, 0.3) is 5.91 Å². The van der Waals surface area contributed by atoms with Crippen LogP contribution in [0, 0.1) is 27.7 Å². The van der Waals surface area contributed by atoms with Crippen molar-refractivity contribution >= 4 is 11.4 Å². The van der Waals surface area contributed by atoms with Crippen LogP contribution in [0.2, 0.25) is 0 Å². The van der Waals surface area contributed by atoms with Crippen molar-refractivity contribution in [2.75, 3.05) is 6.54 Å². The molecule has 3 aromatic heterocycles. The highest BCUT2D eigenvalue weighted by molar-refractivity contribution is 6.01. The molecule has 126 valence electrons. The summed E-state index contributed by atoms with van der Waals surface area (Å²) >= 11 is 0. The number of carbonyl (C=O) groups is 1. The summed E-state index contributed by atoms with van der Waals surface area (Å²) in [5.74, 6) is -0.0798. The van der Waals surface area contributed by atoms with Crippen molar-refractivity contribution in [2.24, 2.45) is 0 Å². The Balaban J connectivity index is 1.60. The summed E-state index contributed by atoms with van der Waals surface area (Å²) in [5, 5.41) is 11.7. The second kappa shape index (κ2) is 6.47. The van der Waals surface area contributed by atoms with Gasteiger partial charge in [-0.05, 0) is 51.3 Å². The highest BCUT2D eigenvalue weighted by Gasteiger charge is 2.14. The van der Waals surface area contributed by atoms with Crippen LogP contribution in [0.3, 0.4) is 0 Å². The average Bonchev–Trinajstić information content (AvgIpc) is 3.10. The zero-order valence-corrected chi connectivity index (χ0v) is 14.6. The number of aromatic nitrogens is 4. The molecular formula is C18H23N5O. The SMILES string of the molecule is Cc1nn(CCCNC(=O)c2cnn3cccc(C)c23)c(C)c1C. The lowest BCUT2D eigenvalue weighted by Crippen LogP contribution is -2.25. The monoisotopic (exact) mass is 325 g/mol. The smallest absolute Gasteiger partial charge is 0.255 e. The van der Waals surface area contributed by atoms with E-state index in [1.54, 1.807) is 10.7 Å². The fraction of sp³-hybridized carbons (Fsp3) is 0.389. The van der Waals surface area contributed by atoms with E-state index in [-0.39, 0.29) is 5.91 Å². The third kappa shape index (κ3) is 2.91. The summed E-state index contributed by atoms with van der Waals surface area (Å²) in [6.45, 7) is 9.58. The lowest BCUT2D eigenvalue weighted by Gasteiger charge is -2.07. The third-order valence-electron chi connectivity index (χ3n) is 4.56. The zero-order chi connectivity index (χ0) is 17.3. The third-order valence-corrected chi connectivity index (χ3v) is 4.56. The predicted octanol–water partition coefficient (Wildman–Crippen LogP) is 2.58. The molecule has 1 N–H and O–H groups in total. The summed E-state index contributed by atoms with van der Waals surface area (Å²) in [6.07, 6.45) is 4.32. The van der Waals surface area contributed by atoms with E-state index in [9.17, 15) is 4.79 Å². The van der Waals surface area contributed by atoms with Gasteiger partial charge in [0, 0.05) is 25.0 Å². The van der Waals surface area contributed by atoms with Gasteiger partial charge < -0.3 is 5.32 Å². The Kier molecular flexibility index (Phi) is 4.38. The van der Waals surface area contributed by atoms with Gasteiger partial charge in [0.1, 0.15) is 0 Å². The van der Waals surface area contributed by atoms with Gasteiger partial charge in [-0.1, -0.05) is 6.07 Å². The van der Waals surface area contributed by atoms with Crippen LogP contribution in [0.4, 0.5) is 0 Å². The lowest BCUT2D eigenvalue weighted by atomic mass is 10.1. The van der Waals surface area contributed by atoms with Crippen molar-refractivity contribution in [3.05, 3.63) is 52.6 Å². The number of pyridine rings is 1. The van der Waals surface area contributed by atoms with Gasteiger partial charge in [0.15, 0.2) is 0 Å². The van der Waals surface area contributed by atoms with Gasteiger partial charge in [0.2, 0.25) is 0 Å². The molecule has 0 bridgehead atoms. The molecule has 6 heteroatoms. The fourth-order valence-electron chi connectivity index (χ4n) is 2.91. The van der Waals surface area contributed by atoms with E-state index in [2.05, 4.69) is 29.4 Å². The van der Waals surface area contributed by atoms with E-state index < -0.39 is 0 Å². The van der Waals surface area contributed by atoms with Crippen LogP contribution < -0.4 is 5.32 Å². The Bertz CT molecular complexity index is 890. The standard InChI is InChI=1S/C18H23N5O/c1-12-7-5-9-23-17(12)16(11-20-23)18(24)19-8-6-10-22-15(4)13(2)14(3)21-22/h5,7,9,11H,6,8,10H2,1-4H3,(H,19,24). The summed E-state index contributed by atoms with van der Waals surface area (Å²) < 4.78 is 3.75. The Morgan fingerprint density at radius 3 is 2.75 bits per heavy atom. The first-order valence-electron chi connectivity index (χ1n) is 8.21. The van der Waals surface area contributed by atoms with Crippen LogP contribution in [0.1, 0.15) is 39.3 Å². The fourth-order valence-corrected chi connectivity index (χ4v) is 2.91. The molecule has 24 heavy (non-hydrogen) atoms. The van der Waals surface area contributed by atoms with Crippen molar-refractivity contribution in [3.8, 4) is 0 Å². The number of fused-ring (bicyclic) bond motifs is 1. The number of amides is 1. The topological polar surface area (TPSA) is 64.2 Å². The average molecular weight is 325 g/mol. The maximum atomic E-state index is 12.4. The number of nitrogens with zero attached hydrogens (tertiary/aromatic N) is 4. The summed E-state index contributed by atoms with van der Waals surface area (Å²) in [6, 6.07) is 3.91. The van der Waals surface area contributed by atoms with Crippen molar-refractivity contribution in [1.82, 2.24) is 24.7 Å². The number of nitrogens with one attached hydrogen (secondary N) is 1. The normalized spacial score (nSPS) is 11.2. The van der Waals surface area contributed by atoms with E-state index >= 15 is 0 Å². The minimum absolute atomic E-state index is 0.0798. The molecule has 0 atom stereocenters. The Hall–Kier alpha value is -2.63. The van der Waals surface area contributed by atoms with Crippen LogP contribution in [0.25, 0.3) is 5.52 Å². The highest BCUT2D eigenvalue weighted by atomic mass is 16.1. The number of rotatable bonds is 5. The molecule has 0 aromatic carbocycles. The van der Waals surface area contributed by atoms with Crippen molar-refractivity contribution in [2.45, 2.75) is 40.7 Å². The predicted molar refractivity (Wildman–Crippen MR) is 93.3 cm³/mol. The Labute approximate surface area is 141 Å².